The van der Waals surface area contributed by atoms with E-state index < -0.39 is 0 Å². The molecular formula is C24H22N2OS. The second-order valence-electron chi connectivity index (χ2n) is 7.11. The van der Waals surface area contributed by atoms with Gasteiger partial charge in [0.1, 0.15) is 0 Å². The number of hydrogen-bond acceptors (Lipinski definition) is 3. The fourth-order valence-corrected chi connectivity index (χ4v) is 4.30. The van der Waals surface area contributed by atoms with Gasteiger partial charge in [0.15, 0.2) is 5.13 Å². The van der Waals surface area contributed by atoms with Crippen LogP contribution in [0.15, 0.2) is 66.7 Å². The second-order valence-corrected chi connectivity index (χ2v) is 8.14. The normalized spacial score (nSPS) is 10.9. The van der Waals surface area contributed by atoms with Crippen molar-refractivity contribution in [3.05, 3.63) is 83.4 Å². The van der Waals surface area contributed by atoms with Crippen molar-refractivity contribution in [2.24, 2.45) is 0 Å². The van der Waals surface area contributed by atoms with Gasteiger partial charge >= 0.3 is 0 Å². The summed E-state index contributed by atoms with van der Waals surface area (Å²) in [7, 11) is 0. The Bertz CT molecular complexity index is 1110. The third-order valence-electron chi connectivity index (χ3n) is 4.67. The van der Waals surface area contributed by atoms with Gasteiger partial charge in [-0.25, -0.2) is 4.98 Å². The molecule has 0 bridgehead atoms. The molecule has 28 heavy (non-hydrogen) atoms. The zero-order chi connectivity index (χ0) is 19.5. The monoisotopic (exact) mass is 386 g/mol. The Balaban J connectivity index is 1.49. The van der Waals surface area contributed by atoms with Gasteiger partial charge in [-0.1, -0.05) is 77.1 Å². The number of aryl methyl sites for hydroxylation is 3. The molecule has 0 fully saturated rings. The van der Waals surface area contributed by atoms with Crippen molar-refractivity contribution in [1.29, 1.82) is 0 Å². The first-order chi connectivity index (χ1) is 13.6. The maximum atomic E-state index is 12.3. The number of thiazole rings is 1. The summed E-state index contributed by atoms with van der Waals surface area (Å²) in [4.78, 5) is 16.8. The Morgan fingerprint density at radius 1 is 0.929 bits per heavy atom. The smallest absolute Gasteiger partial charge is 0.226 e. The lowest BCUT2D eigenvalue weighted by Crippen LogP contribution is -2.11. The molecule has 0 saturated heterocycles. The highest BCUT2D eigenvalue weighted by Gasteiger charge is 2.10. The predicted octanol–water partition coefficient (Wildman–Crippen LogP) is 6.15. The number of benzene rings is 3. The van der Waals surface area contributed by atoms with Crippen LogP contribution >= 0.6 is 11.3 Å². The van der Waals surface area contributed by atoms with Gasteiger partial charge < -0.3 is 5.32 Å². The van der Waals surface area contributed by atoms with Crippen molar-refractivity contribution in [3.8, 4) is 11.1 Å². The number of hydrogen-bond donors (Lipinski definition) is 1. The number of nitrogens with zero attached hydrogens (tertiary/aromatic N) is 1. The third kappa shape index (κ3) is 4.29. The van der Waals surface area contributed by atoms with E-state index >= 15 is 0 Å². The van der Waals surface area contributed by atoms with Crippen LogP contribution in [0.4, 0.5) is 5.13 Å². The molecule has 140 valence electrons. The summed E-state index contributed by atoms with van der Waals surface area (Å²) in [6.07, 6.45) is 1.18. The summed E-state index contributed by atoms with van der Waals surface area (Å²) in [5.74, 6) is -0.00237. The van der Waals surface area contributed by atoms with Crippen molar-refractivity contribution in [1.82, 2.24) is 4.98 Å². The zero-order valence-electron chi connectivity index (χ0n) is 16.0. The summed E-state index contributed by atoms with van der Waals surface area (Å²) < 4.78 is 1.08. The summed E-state index contributed by atoms with van der Waals surface area (Å²) in [6.45, 7) is 4.23. The maximum Gasteiger partial charge on any atom is 0.226 e. The molecule has 0 radical (unpaired) electrons. The molecule has 1 aromatic heterocycles. The zero-order valence-corrected chi connectivity index (χ0v) is 16.8. The molecule has 0 spiro atoms. The molecule has 0 aliphatic rings. The van der Waals surface area contributed by atoms with E-state index in [0.29, 0.717) is 11.6 Å². The highest BCUT2D eigenvalue weighted by atomic mass is 32.1. The minimum absolute atomic E-state index is 0.00237. The largest absolute Gasteiger partial charge is 0.302 e. The Morgan fingerprint density at radius 2 is 1.68 bits per heavy atom. The molecule has 0 saturated carbocycles. The number of nitrogens with one attached hydrogen (secondary N) is 1. The van der Waals surface area contributed by atoms with Crippen LogP contribution in [0.3, 0.4) is 0 Å². The highest BCUT2D eigenvalue weighted by molar-refractivity contribution is 7.22. The van der Waals surface area contributed by atoms with E-state index in [0.717, 1.165) is 16.6 Å². The fraction of sp³-hybridized carbons (Fsp3) is 0.167. The van der Waals surface area contributed by atoms with E-state index in [1.54, 1.807) is 0 Å². The molecule has 0 aliphatic carbocycles. The summed E-state index contributed by atoms with van der Waals surface area (Å²) in [5, 5.41) is 3.61. The molecule has 0 atom stereocenters. The van der Waals surface area contributed by atoms with Crippen LogP contribution in [-0.4, -0.2) is 10.9 Å². The van der Waals surface area contributed by atoms with E-state index in [4.69, 9.17) is 0 Å². The van der Waals surface area contributed by atoms with Gasteiger partial charge in [0.25, 0.3) is 0 Å². The van der Waals surface area contributed by atoms with Crippen molar-refractivity contribution in [2.45, 2.75) is 26.7 Å². The molecule has 4 heteroatoms. The average molecular weight is 387 g/mol. The molecular weight excluding hydrogens is 364 g/mol. The number of aromatic nitrogens is 1. The number of anilines is 1. The third-order valence-corrected chi connectivity index (χ3v) is 5.61. The Labute approximate surface area is 169 Å². The molecule has 4 aromatic rings. The molecule has 1 heterocycles. The van der Waals surface area contributed by atoms with Gasteiger partial charge in [0.05, 0.1) is 10.2 Å². The molecule has 4 rings (SSSR count). The van der Waals surface area contributed by atoms with E-state index in [-0.39, 0.29) is 5.91 Å². The molecule has 1 N–H and O–H groups in total. The number of amides is 1. The van der Waals surface area contributed by atoms with Gasteiger partial charge in [-0.2, -0.15) is 0 Å². The lowest BCUT2D eigenvalue weighted by molar-refractivity contribution is -0.116. The van der Waals surface area contributed by atoms with Gasteiger partial charge in [0, 0.05) is 6.42 Å². The lowest BCUT2D eigenvalue weighted by atomic mass is 10.0. The first-order valence-electron chi connectivity index (χ1n) is 9.40. The van der Waals surface area contributed by atoms with Crippen molar-refractivity contribution in [3.63, 3.8) is 0 Å². The van der Waals surface area contributed by atoms with E-state index in [1.807, 2.05) is 36.4 Å². The van der Waals surface area contributed by atoms with Crippen LogP contribution in [0.2, 0.25) is 0 Å². The lowest BCUT2D eigenvalue weighted by Gasteiger charge is -2.05. The molecule has 3 nitrogen and oxygen atoms in total. The van der Waals surface area contributed by atoms with Crippen molar-refractivity contribution >= 4 is 32.6 Å². The van der Waals surface area contributed by atoms with Crippen molar-refractivity contribution in [2.75, 3.05) is 5.32 Å². The van der Waals surface area contributed by atoms with Crippen LogP contribution in [0.25, 0.3) is 21.3 Å². The van der Waals surface area contributed by atoms with Crippen LogP contribution in [-0.2, 0) is 11.2 Å². The van der Waals surface area contributed by atoms with Gasteiger partial charge in [-0.3, -0.25) is 4.79 Å². The number of carbonyl (C=O) groups is 1. The van der Waals surface area contributed by atoms with Crippen LogP contribution in [0, 0.1) is 13.8 Å². The van der Waals surface area contributed by atoms with Gasteiger partial charge in [0.2, 0.25) is 5.91 Å². The molecule has 3 aromatic carbocycles. The second kappa shape index (κ2) is 7.95. The standard InChI is InChI=1S/C24H22N2OS/c1-16-12-17(2)14-20(13-16)19-9-10-21-22(15-19)28-24(25-21)26-23(27)11-8-18-6-4-3-5-7-18/h3-7,9-10,12-15H,8,11H2,1-2H3,(H,25,26,27). The topological polar surface area (TPSA) is 42.0 Å². The van der Waals surface area contributed by atoms with Crippen LogP contribution in [0.5, 0.6) is 0 Å². The van der Waals surface area contributed by atoms with E-state index in [9.17, 15) is 4.79 Å². The highest BCUT2D eigenvalue weighted by Crippen LogP contribution is 2.31. The average Bonchev–Trinajstić information content (AvgIpc) is 3.07. The molecule has 0 unspecified atom stereocenters. The Kier molecular flexibility index (Phi) is 5.22. The molecule has 0 aliphatic heterocycles. The number of rotatable bonds is 5. The fourth-order valence-electron chi connectivity index (χ4n) is 3.38. The van der Waals surface area contributed by atoms with E-state index in [2.05, 4.69) is 54.5 Å². The minimum atomic E-state index is -0.00237. The summed E-state index contributed by atoms with van der Waals surface area (Å²) >= 11 is 1.52. The van der Waals surface area contributed by atoms with Crippen LogP contribution < -0.4 is 5.32 Å². The SMILES string of the molecule is Cc1cc(C)cc(-c2ccc3nc(NC(=O)CCc4ccccc4)sc3c2)c1. The number of carbonyl (C=O) groups excluding carboxylic acids is 1. The predicted molar refractivity (Wildman–Crippen MR) is 118 cm³/mol. The molecule has 1 amide bonds. The Hall–Kier alpha value is -2.98. The maximum absolute atomic E-state index is 12.3. The minimum Gasteiger partial charge on any atom is -0.302 e. The van der Waals surface area contributed by atoms with Gasteiger partial charge in [-0.05, 0) is 49.1 Å². The quantitative estimate of drug-likeness (QED) is 0.447. The van der Waals surface area contributed by atoms with E-state index in [1.165, 1.54) is 39.2 Å². The van der Waals surface area contributed by atoms with Crippen LogP contribution in [0.1, 0.15) is 23.1 Å². The Morgan fingerprint density at radius 3 is 2.43 bits per heavy atom. The summed E-state index contributed by atoms with van der Waals surface area (Å²) in [5.41, 5.74) is 6.97. The van der Waals surface area contributed by atoms with Crippen molar-refractivity contribution < 1.29 is 4.79 Å². The first kappa shape index (κ1) is 18.4. The van der Waals surface area contributed by atoms with Gasteiger partial charge in [-0.15, -0.1) is 0 Å². The number of fused-ring (bicyclic) bond motifs is 1. The summed E-state index contributed by atoms with van der Waals surface area (Å²) in [6, 6.07) is 22.9. The first-order valence-corrected chi connectivity index (χ1v) is 10.2.